The van der Waals surface area contributed by atoms with Gasteiger partial charge in [0, 0.05) is 38.4 Å². The molecule has 1 aromatic rings. The average molecular weight is 400 g/mol. The van der Waals surface area contributed by atoms with Gasteiger partial charge in [-0.25, -0.2) is 0 Å². The number of hydrogen-bond acceptors (Lipinski definition) is 5. The Kier molecular flexibility index (Phi) is 6.69. The summed E-state index contributed by atoms with van der Waals surface area (Å²) in [6.07, 6.45) is 0. The van der Waals surface area contributed by atoms with E-state index in [0.717, 1.165) is 41.2 Å². The van der Waals surface area contributed by atoms with E-state index in [2.05, 4.69) is 33.5 Å². The van der Waals surface area contributed by atoms with Gasteiger partial charge in [0.25, 0.3) is 0 Å². The summed E-state index contributed by atoms with van der Waals surface area (Å²) in [4.78, 5) is 2.27. The van der Waals surface area contributed by atoms with Crippen LogP contribution < -0.4 is 9.64 Å². The Labute approximate surface area is 152 Å². The summed E-state index contributed by atoms with van der Waals surface area (Å²) in [5, 5.41) is 0.511. The number of anilines is 1. The van der Waals surface area contributed by atoms with Gasteiger partial charge in [-0.15, -0.1) is 0 Å². The van der Waals surface area contributed by atoms with Gasteiger partial charge in [-0.3, -0.25) is 0 Å². The van der Waals surface area contributed by atoms with Crippen LogP contribution in [0.2, 0.25) is 0 Å². The second-order valence-corrected chi connectivity index (χ2v) is 6.31. The van der Waals surface area contributed by atoms with Crippen LogP contribution in [0.3, 0.4) is 0 Å². The standard InChI is InChI=1S/C18H26BrNO4/c1-13(2)15-10-14(18(12-19,22-4)23-5)11-16(17(15)21-3)20-6-8-24-9-7-20/h10-11H,1,6-9,12H2,2-5H3. The largest absolute Gasteiger partial charge is 0.494 e. The van der Waals surface area contributed by atoms with Crippen LogP contribution >= 0.6 is 15.9 Å². The van der Waals surface area contributed by atoms with Gasteiger partial charge < -0.3 is 23.8 Å². The van der Waals surface area contributed by atoms with Crippen LogP contribution in [0.5, 0.6) is 5.75 Å². The SMILES string of the molecule is C=C(C)c1cc(C(CBr)(OC)OC)cc(N2CCOCC2)c1OC. The molecule has 24 heavy (non-hydrogen) atoms. The number of nitrogens with zero attached hydrogens (tertiary/aromatic N) is 1. The number of alkyl halides is 1. The van der Waals surface area contributed by atoms with Crippen molar-refractivity contribution in [2.45, 2.75) is 12.7 Å². The van der Waals surface area contributed by atoms with Gasteiger partial charge >= 0.3 is 0 Å². The number of allylic oxidation sites excluding steroid dienone is 1. The van der Waals surface area contributed by atoms with Crippen molar-refractivity contribution in [1.29, 1.82) is 0 Å². The topological polar surface area (TPSA) is 40.2 Å². The first-order valence-electron chi connectivity index (χ1n) is 7.90. The summed E-state index contributed by atoms with van der Waals surface area (Å²) in [6.45, 7) is 9.11. The minimum Gasteiger partial charge on any atom is -0.494 e. The quantitative estimate of drug-likeness (QED) is 0.518. The molecule has 5 nitrogen and oxygen atoms in total. The molecular formula is C18H26BrNO4. The lowest BCUT2D eigenvalue weighted by molar-refractivity contribution is -0.196. The number of ether oxygens (including phenoxy) is 4. The van der Waals surface area contributed by atoms with E-state index in [-0.39, 0.29) is 0 Å². The lowest BCUT2D eigenvalue weighted by Crippen LogP contribution is -2.37. The molecule has 6 heteroatoms. The number of methoxy groups -OCH3 is 3. The fraction of sp³-hybridized carbons (Fsp3) is 0.556. The molecule has 1 aliphatic rings. The molecule has 0 N–H and O–H groups in total. The molecule has 2 rings (SSSR count). The first-order chi connectivity index (χ1) is 11.5. The predicted molar refractivity (Wildman–Crippen MR) is 100 cm³/mol. The fourth-order valence-corrected chi connectivity index (χ4v) is 3.69. The smallest absolute Gasteiger partial charge is 0.204 e. The van der Waals surface area contributed by atoms with Crippen molar-refractivity contribution < 1.29 is 18.9 Å². The molecule has 0 spiro atoms. The highest BCUT2D eigenvalue weighted by Crippen LogP contribution is 2.41. The highest BCUT2D eigenvalue weighted by molar-refractivity contribution is 9.09. The monoisotopic (exact) mass is 399 g/mol. The number of benzene rings is 1. The lowest BCUT2D eigenvalue weighted by Gasteiger charge is -2.34. The Morgan fingerprint density at radius 1 is 1.25 bits per heavy atom. The summed E-state index contributed by atoms with van der Waals surface area (Å²) in [5.41, 5.74) is 3.81. The van der Waals surface area contributed by atoms with Crippen LogP contribution in [0.4, 0.5) is 5.69 Å². The van der Waals surface area contributed by atoms with Crippen molar-refractivity contribution in [3.05, 3.63) is 29.8 Å². The van der Waals surface area contributed by atoms with E-state index in [0.29, 0.717) is 18.5 Å². The number of morpholine rings is 1. The molecule has 1 heterocycles. The molecule has 1 fully saturated rings. The van der Waals surface area contributed by atoms with Gasteiger partial charge in [0.2, 0.25) is 5.79 Å². The van der Waals surface area contributed by atoms with E-state index < -0.39 is 5.79 Å². The van der Waals surface area contributed by atoms with Gasteiger partial charge in [0.15, 0.2) is 0 Å². The summed E-state index contributed by atoms with van der Waals surface area (Å²) in [7, 11) is 4.98. The van der Waals surface area contributed by atoms with Gasteiger partial charge in [-0.2, -0.15) is 0 Å². The Morgan fingerprint density at radius 2 is 1.88 bits per heavy atom. The Morgan fingerprint density at radius 3 is 2.33 bits per heavy atom. The zero-order valence-electron chi connectivity index (χ0n) is 14.9. The van der Waals surface area contributed by atoms with Crippen molar-refractivity contribution in [3.8, 4) is 5.75 Å². The van der Waals surface area contributed by atoms with E-state index in [1.165, 1.54) is 0 Å². The molecule has 0 aliphatic carbocycles. The minimum absolute atomic E-state index is 0.511. The summed E-state index contributed by atoms with van der Waals surface area (Å²) in [6, 6.07) is 4.10. The maximum absolute atomic E-state index is 5.72. The van der Waals surface area contributed by atoms with Crippen molar-refractivity contribution in [1.82, 2.24) is 0 Å². The molecule has 0 amide bonds. The van der Waals surface area contributed by atoms with Crippen LogP contribution in [0.25, 0.3) is 5.57 Å². The lowest BCUT2D eigenvalue weighted by atomic mass is 9.97. The zero-order valence-corrected chi connectivity index (χ0v) is 16.4. The maximum atomic E-state index is 5.72. The first kappa shape index (κ1) is 19.2. The van der Waals surface area contributed by atoms with Gasteiger partial charge in [0.05, 0.1) is 31.3 Å². The predicted octanol–water partition coefficient (Wildman–Crippen LogP) is 3.41. The van der Waals surface area contributed by atoms with E-state index in [1.807, 2.05) is 13.0 Å². The van der Waals surface area contributed by atoms with E-state index in [4.69, 9.17) is 18.9 Å². The summed E-state index contributed by atoms with van der Waals surface area (Å²) >= 11 is 3.51. The molecular weight excluding hydrogens is 374 g/mol. The molecule has 0 atom stereocenters. The highest BCUT2D eigenvalue weighted by Gasteiger charge is 2.33. The Bertz CT molecular complexity index is 572. The average Bonchev–Trinajstić information content (AvgIpc) is 2.63. The third-order valence-electron chi connectivity index (χ3n) is 4.36. The second-order valence-electron chi connectivity index (χ2n) is 5.75. The first-order valence-corrected chi connectivity index (χ1v) is 9.02. The molecule has 0 aromatic heterocycles. The van der Waals surface area contributed by atoms with Crippen LogP contribution in [0.15, 0.2) is 18.7 Å². The van der Waals surface area contributed by atoms with E-state index in [1.54, 1.807) is 21.3 Å². The van der Waals surface area contributed by atoms with Crippen LogP contribution in [0.1, 0.15) is 18.1 Å². The third kappa shape index (κ3) is 3.61. The van der Waals surface area contributed by atoms with Crippen molar-refractivity contribution in [2.24, 2.45) is 0 Å². The van der Waals surface area contributed by atoms with Gasteiger partial charge in [0.1, 0.15) is 5.75 Å². The van der Waals surface area contributed by atoms with Gasteiger partial charge in [-0.1, -0.05) is 22.5 Å². The second kappa shape index (κ2) is 8.34. The molecule has 1 saturated heterocycles. The molecule has 1 aromatic carbocycles. The van der Waals surface area contributed by atoms with Crippen LogP contribution in [-0.4, -0.2) is 53.0 Å². The summed E-state index contributed by atoms with van der Waals surface area (Å²) in [5.74, 6) is -0.0406. The normalized spacial score (nSPS) is 15.5. The summed E-state index contributed by atoms with van der Waals surface area (Å²) < 4.78 is 22.6. The van der Waals surface area contributed by atoms with E-state index >= 15 is 0 Å². The van der Waals surface area contributed by atoms with Crippen molar-refractivity contribution in [2.75, 3.05) is 57.9 Å². The zero-order chi connectivity index (χ0) is 17.7. The fourth-order valence-electron chi connectivity index (χ4n) is 2.91. The molecule has 1 aliphatic heterocycles. The maximum Gasteiger partial charge on any atom is 0.204 e. The minimum atomic E-state index is -0.864. The molecule has 0 saturated carbocycles. The van der Waals surface area contributed by atoms with Crippen molar-refractivity contribution in [3.63, 3.8) is 0 Å². The van der Waals surface area contributed by atoms with Crippen molar-refractivity contribution >= 4 is 27.2 Å². The van der Waals surface area contributed by atoms with Crippen LogP contribution in [-0.2, 0) is 20.0 Å². The number of hydrogen-bond donors (Lipinski definition) is 0. The Balaban J connectivity index is 2.65. The number of rotatable bonds is 7. The number of halogens is 1. The van der Waals surface area contributed by atoms with Gasteiger partial charge in [-0.05, 0) is 24.6 Å². The van der Waals surface area contributed by atoms with E-state index in [9.17, 15) is 0 Å². The Hall–Kier alpha value is -1.08. The molecule has 0 unspecified atom stereocenters. The third-order valence-corrected chi connectivity index (χ3v) is 5.10. The molecule has 134 valence electrons. The molecule has 0 bridgehead atoms. The molecule has 0 radical (unpaired) electrons. The van der Waals surface area contributed by atoms with Crippen LogP contribution in [0, 0.1) is 0 Å². The highest BCUT2D eigenvalue weighted by atomic mass is 79.9.